The van der Waals surface area contributed by atoms with Crippen molar-refractivity contribution in [3.8, 4) is 10.4 Å². The highest BCUT2D eigenvalue weighted by Crippen LogP contribution is 2.33. The van der Waals surface area contributed by atoms with Crippen molar-refractivity contribution in [2.24, 2.45) is 5.73 Å². The molecule has 2 atom stereocenters. The molecule has 3 amide bonds. The van der Waals surface area contributed by atoms with Gasteiger partial charge in [0.1, 0.15) is 0 Å². The summed E-state index contributed by atoms with van der Waals surface area (Å²) in [5, 5.41) is 0. The first kappa shape index (κ1) is 22.6. The van der Waals surface area contributed by atoms with Crippen LogP contribution in [0.2, 0.25) is 0 Å². The number of thiophene rings is 1. The van der Waals surface area contributed by atoms with Crippen molar-refractivity contribution in [1.82, 2.24) is 14.7 Å². The van der Waals surface area contributed by atoms with E-state index in [0.717, 1.165) is 23.4 Å². The number of carbonyl (C=O) groups excluding carboxylic acids is 2. The molecule has 2 aliphatic heterocycles. The van der Waals surface area contributed by atoms with Crippen LogP contribution >= 0.6 is 11.3 Å². The van der Waals surface area contributed by atoms with Gasteiger partial charge in [-0.3, -0.25) is 4.79 Å². The average molecular weight is 467 g/mol. The minimum Gasteiger partial charge on any atom is -0.336 e. The number of nitrogens with zero attached hydrogens (tertiary/aromatic N) is 3. The predicted octanol–water partition coefficient (Wildman–Crippen LogP) is 3.73. The highest BCUT2D eigenvalue weighted by Gasteiger charge is 2.35. The molecule has 2 aromatic rings. The number of hydrogen-bond donors (Lipinski definition) is 1. The third-order valence-electron chi connectivity index (χ3n) is 6.11. The van der Waals surface area contributed by atoms with Crippen LogP contribution in [-0.2, 0) is 6.18 Å². The topological polar surface area (TPSA) is 69.9 Å². The number of nitrogens with two attached hydrogens (primary N) is 1. The SMILES string of the molecule is CN(C(=O)c1ccc(-c2ccc(C(F)(F)F)cc2)s1)[C@H]1CCN(C(=O)N2CC[C@@H](N)C2)C1. The lowest BCUT2D eigenvalue weighted by molar-refractivity contribution is -0.137. The van der Waals surface area contributed by atoms with E-state index >= 15 is 0 Å². The van der Waals surface area contributed by atoms with Crippen LogP contribution in [0.3, 0.4) is 0 Å². The van der Waals surface area contributed by atoms with E-state index < -0.39 is 11.7 Å². The number of carbonyl (C=O) groups is 2. The molecule has 32 heavy (non-hydrogen) atoms. The van der Waals surface area contributed by atoms with Crippen molar-refractivity contribution in [1.29, 1.82) is 0 Å². The molecule has 2 N–H and O–H groups in total. The summed E-state index contributed by atoms with van der Waals surface area (Å²) < 4.78 is 38.3. The fourth-order valence-electron chi connectivity index (χ4n) is 4.16. The van der Waals surface area contributed by atoms with E-state index in [1.165, 1.54) is 23.5 Å². The van der Waals surface area contributed by atoms with Crippen LogP contribution in [0.1, 0.15) is 28.1 Å². The smallest absolute Gasteiger partial charge is 0.336 e. The molecule has 3 heterocycles. The number of halogens is 3. The van der Waals surface area contributed by atoms with Gasteiger partial charge < -0.3 is 20.4 Å². The largest absolute Gasteiger partial charge is 0.416 e. The Morgan fingerprint density at radius 1 is 1.03 bits per heavy atom. The number of hydrogen-bond acceptors (Lipinski definition) is 4. The van der Waals surface area contributed by atoms with Gasteiger partial charge in [0.25, 0.3) is 5.91 Å². The maximum absolute atomic E-state index is 13.0. The Labute approximate surface area is 188 Å². The second-order valence-electron chi connectivity index (χ2n) is 8.32. The minimum absolute atomic E-state index is 0.0259. The fraction of sp³-hybridized carbons (Fsp3) is 0.455. The number of likely N-dealkylation sites (tertiary alicyclic amines) is 2. The van der Waals surface area contributed by atoms with Gasteiger partial charge in [0.2, 0.25) is 0 Å². The third kappa shape index (κ3) is 4.61. The number of likely N-dealkylation sites (N-methyl/N-ethyl adjacent to an activating group) is 1. The number of rotatable bonds is 3. The Morgan fingerprint density at radius 3 is 2.31 bits per heavy atom. The summed E-state index contributed by atoms with van der Waals surface area (Å²) in [5.74, 6) is -0.157. The second-order valence-corrected chi connectivity index (χ2v) is 9.40. The molecule has 2 aliphatic rings. The van der Waals surface area contributed by atoms with E-state index in [0.29, 0.717) is 43.0 Å². The van der Waals surface area contributed by atoms with Crippen LogP contribution in [0.4, 0.5) is 18.0 Å². The van der Waals surface area contributed by atoms with Gasteiger partial charge in [-0.1, -0.05) is 12.1 Å². The molecule has 0 radical (unpaired) electrons. The molecule has 0 aliphatic carbocycles. The highest BCUT2D eigenvalue weighted by molar-refractivity contribution is 7.17. The summed E-state index contributed by atoms with van der Waals surface area (Å²) >= 11 is 1.25. The maximum atomic E-state index is 13.0. The van der Waals surface area contributed by atoms with Crippen LogP contribution in [0.5, 0.6) is 0 Å². The van der Waals surface area contributed by atoms with E-state index in [-0.39, 0.29) is 24.0 Å². The Hall–Kier alpha value is -2.59. The lowest BCUT2D eigenvalue weighted by Crippen LogP contribution is -2.44. The number of alkyl halides is 3. The predicted molar refractivity (Wildman–Crippen MR) is 116 cm³/mol. The molecule has 1 aromatic heterocycles. The molecular weight excluding hydrogens is 441 g/mol. The summed E-state index contributed by atoms with van der Waals surface area (Å²) in [6, 6.07) is 8.27. The van der Waals surface area contributed by atoms with Crippen molar-refractivity contribution in [2.45, 2.75) is 31.1 Å². The summed E-state index contributed by atoms with van der Waals surface area (Å²) in [7, 11) is 1.73. The molecular formula is C22H25F3N4O2S. The van der Waals surface area contributed by atoms with Crippen LogP contribution < -0.4 is 5.73 Å². The number of urea groups is 1. The van der Waals surface area contributed by atoms with Crippen molar-refractivity contribution >= 4 is 23.3 Å². The van der Waals surface area contributed by atoms with Crippen molar-refractivity contribution < 1.29 is 22.8 Å². The van der Waals surface area contributed by atoms with Crippen LogP contribution in [0, 0.1) is 0 Å². The van der Waals surface area contributed by atoms with Gasteiger partial charge in [-0.2, -0.15) is 13.2 Å². The molecule has 0 saturated carbocycles. The monoisotopic (exact) mass is 466 g/mol. The lowest BCUT2D eigenvalue weighted by atomic mass is 10.1. The summed E-state index contributed by atoms with van der Waals surface area (Å²) in [6.07, 6.45) is -2.87. The zero-order chi connectivity index (χ0) is 23.0. The fourth-order valence-corrected chi connectivity index (χ4v) is 5.16. The molecule has 0 bridgehead atoms. The standard InChI is InChI=1S/C22H25F3N4O2S/c1-27(17-9-11-29(13-17)21(31)28-10-8-16(26)12-28)20(30)19-7-6-18(32-19)14-2-4-15(5-3-14)22(23,24)25/h2-7,16-17H,8-13,26H2,1H3/t16-,17+/m1/s1. The third-order valence-corrected chi connectivity index (χ3v) is 7.23. The van der Waals surface area contributed by atoms with Gasteiger partial charge >= 0.3 is 12.2 Å². The number of benzene rings is 1. The van der Waals surface area contributed by atoms with E-state index in [9.17, 15) is 22.8 Å². The molecule has 6 nitrogen and oxygen atoms in total. The quantitative estimate of drug-likeness (QED) is 0.750. The molecule has 2 saturated heterocycles. The molecule has 2 fully saturated rings. The maximum Gasteiger partial charge on any atom is 0.416 e. The normalized spacial score (nSPS) is 21.3. The lowest BCUT2D eigenvalue weighted by Gasteiger charge is -2.27. The number of amides is 3. The van der Waals surface area contributed by atoms with E-state index in [1.54, 1.807) is 33.9 Å². The van der Waals surface area contributed by atoms with Gasteiger partial charge in [-0.05, 0) is 42.7 Å². The first-order chi connectivity index (χ1) is 15.1. The Kier molecular flexibility index (Phi) is 6.17. The zero-order valence-electron chi connectivity index (χ0n) is 17.6. The first-order valence-electron chi connectivity index (χ1n) is 10.5. The molecule has 172 valence electrons. The van der Waals surface area contributed by atoms with Crippen molar-refractivity contribution in [2.75, 3.05) is 33.2 Å². The van der Waals surface area contributed by atoms with E-state index in [2.05, 4.69) is 0 Å². The van der Waals surface area contributed by atoms with E-state index in [4.69, 9.17) is 5.73 Å². The molecule has 4 rings (SSSR count). The summed E-state index contributed by atoms with van der Waals surface area (Å²) in [6.45, 7) is 2.30. The Balaban J connectivity index is 1.38. The van der Waals surface area contributed by atoms with Crippen molar-refractivity contribution in [3.05, 3.63) is 46.8 Å². The first-order valence-corrected chi connectivity index (χ1v) is 11.3. The van der Waals surface area contributed by atoms with Crippen LogP contribution in [0.15, 0.2) is 36.4 Å². The highest BCUT2D eigenvalue weighted by atomic mass is 32.1. The van der Waals surface area contributed by atoms with Gasteiger partial charge in [-0.25, -0.2) is 4.79 Å². The second kappa shape index (κ2) is 8.74. The Morgan fingerprint density at radius 2 is 1.69 bits per heavy atom. The van der Waals surface area contributed by atoms with E-state index in [1.807, 2.05) is 0 Å². The molecule has 0 unspecified atom stereocenters. The van der Waals surface area contributed by atoms with Gasteiger partial charge in [0, 0.05) is 44.1 Å². The Bertz CT molecular complexity index is 992. The zero-order valence-corrected chi connectivity index (χ0v) is 18.5. The molecule has 10 heteroatoms. The van der Waals surface area contributed by atoms with Crippen LogP contribution in [-0.4, -0.2) is 71.9 Å². The van der Waals surface area contributed by atoms with Gasteiger partial charge in [0.05, 0.1) is 16.5 Å². The van der Waals surface area contributed by atoms with Crippen LogP contribution in [0.25, 0.3) is 10.4 Å². The van der Waals surface area contributed by atoms with Gasteiger partial charge in [0.15, 0.2) is 0 Å². The minimum atomic E-state index is -4.38. The summed E-state index contributed by atoms with van der Waals surface area (Å²) in [5.41, 5.74) is 5.82. The van der Waals surface area contributed by atoms with Crippen molar-refractivity contribution in [3.63, 3.8) is 0 Å². The van der Waals surface area contributed by atoms with Gasteiger partial charge in [-0.15, -0.1) is 11.3 Å². The summed E-state index contributed by atoms with van der Waals surface area (Å²) in [4.78, 5) is 32.1. The molecule has 0 spiro atoms. The molecule has 1 aromatic carbocycles. The average Bonchev–Trinajstić information content (AvgIpc) is 3.52.